The summed E-state index contributed by atoms with van der Waals surface area (Å²) in [7, 11) is 0. The van der Waals surface area contributed by atoms with E-state index in [1.165, 1.54) is 11.1 Å². The minimum Gasteiger partial charge on any atom is -0.468 e. The summed E-state index contributed by atoms with van der Waals surface area (Å²) in [6.07, 6.45) is 2.70. The van der Waals surface area contributed by atoms with Crippen molar-refractivity contribution in [3.8, 4) is 0 Å². The predicted octanol–water partition coefficient (Wildman–Crippen LogP) is 4.30. The zero-order valence-corrected chi connectivity index (χ0v) is 12.0. The first-order valence-corrected chi connectivity index (χ1v) is 7.06. The number of nitrogens with one attached hydrogen (secondary N) is 1. The van der Waals surface area contributed by atoms with E-state index < -0.39 is 0 Å². The summed E-state index contributed by atoms with van der Waals surface area (Å²) < 4.78 is 5.52. The minimum atomic E-state index is 0.255. The molecule has 1 heterocycles. The van der Waals surface area contributed by atoms with Crippen LogP contribution in [0, 0.1) is 0 Å². The van der Waals surface area contributed by atoms with E-state index in [9.17, 15) is 0 Å². The lowest BCUT2D eigenvalue weighted by Crippen LogP contribution is -2.22. The third-order valence-corrected chi connectivity index (χ3v) is 3.42. The molecule has 0 saturated carbocycles. The maximum absolute atomic E-state index is 5.52. The second-order valence-electron chi connectivity index (χ2n) is 5.23. The van der Waals surface area contributed by atoms with Gasteiger partial charge in [-0.2, -0.15) is 0 Å². The standard InChI is InChI=1S/C17H23NO/c1-4-18-16(17-6-5-11-19-17)12-14-7-9-15(10-8-14)13(2)3/h5-11,13,16,18H,4,12H2,1-3H3. The normalized spacial score (nSPS) is 12.8. The summed E-state index contributed by atoms with van der Waals surface area (Å²) in [5.41, 5.74) is 2.73. The molecule has 1 N–H and O–H groups in total. The fourth-order valence-electron chi connectivity index (χ4n) is 2.28. The van der Waals surface area contributed by atoms with E-state index in [0.29, 0.717) is 5.92 Å². The Labute approximate surface area is 115 Å². The number of benzene rings is 1. The van der Waals surface area contributed by atoms with Crippen LogP contribution < -0.4 is 5.32 Å². The number of likely N-dealkylation sites (N-methyl/N-ethyl adjacent to an activating group) is 1. The summed E-state index contributed by atoms with van der Waals surface area (Å²) in [4.78, 5) is 0. The van der Waals surface area contributed by atoms with Crippen LogP contribution in [0.4, 0.5) is 0 Å². The molecule has 0 fully saturated rings. The molecule has 102 valence electrons. The zero-order chi connectivity index (χ0) is 13.7. The number of furan rings is 1. The van der Waals surface area contributed by atoms with Crippen LogP contribution in [-0.4, -0.2) is 6.54 Å². The Morgan fingerprint density at radius 2 is 1.84 bits per heavy atom. The Morgan fingerprint density at radius 1 is 1.11 bits per heavy atom. The molecule has 0 bridgehead atoms. The van der Waals surface area contributed by atoms with E-state index in [-0.39, 0.29) is 6.04 Å². The summed E-state index contributed by atoms with van der Waals surface area (Å²) in [6, 6.07) is 13.1. The minimum absolute atomic E-state index is 0.255. The smallest absolute Gasteiger partial charge is 0.121 e. The van der Waals surface area contributed by atoms with Crippen LogP contribution in [0.1, 0.15) is 49.6 Å². The monoisotopic (exact) mass is 257 g/mol. The van der Waals surface area contributed by atoms with Crippen molar-refractivity contribution in [3.63, 3.8) is 0 Å². The maximum atomic E-state index is 5.52. The lowest BCUT2D eigenvalue weighted by Gasteiger charge is -2.16. The second-order valence-corrected chi connectivity index (χ2v) is 5.23. The van der Waals surface area contributed by atoms with Crippen LogP contribution in [0.5, 0.6) is 0 Å². The third-order valence-electron chi connectivity index (χ3n) is 3.42. The van der Waals surface area contributed by atoms with E-state index in [0.717, 1.165) is 18.7 Å². The molecule has 0 spiro atoms. The van der Waals surface area contributed by atoms with Crippen LogP contribution in [0.15, 0.2) is 47.1 Å². The van der Waals surface area contributed by atoms with Crippen LogP contribution in [-0.2, 0) is 6.42 Å². The fraction of sp³-hybridized carbons (Fsp3) is 0.412. The highest BCUT2D eigenvalue weighted by molar-refractivity contribution is 5.26. The Kier molecular flexibility index (Phi) is 4.80. The van der Waals surface area contributed by atoms with Crippen molar-refractivity contribution < 1.29 is 4.42 Å². The van der Waals surface area contributed by atoms with Crippen molar-refractivity contribution in [3.05, 3.63) is 59.5 Å². The molecular weight excluding hydrogens is 234 g/mol. The van der Waals surface area contributed by atoms with Gasteiger partial charge >= 0.3 is 0 Å². The molecule has 2 rings (SSSR count). The lowest BCUT2D eigenvalue weighted by atomic mass is 9.98. The highest BCUT2D eigenvalue weighted by Gasteiger charge is 2.13. The molecule has 2 nitrogen and oxygen atoms in total. The third kappa shape index (κ3) is 3.71. The topological polar surface area (TPSA) is 25.2 Å². The molecule has 1 aromatic heterocycles. The molecule has 1 aromatic carbocycles. The maximum Gasteiger partial charge on any atom is 0.121 e. The van der Waals surface area contributed by atoms with Gasteiger partial charge < -0.3 is 9.73 Å². The SMILES string of the molecule is CCNC(Cc1ccc(C(C)C)cc1)c1ccco1. The van der Waals surface area contributed by atoms with Gasteiger partial charge in [0.25, 0.3) is 0 Å². The van der Waals surface area contributed by atoms with Gasteiger partial charge in [-0.1, -0.05) is 45.0 Å². The first-order chi connectivity index (χ1) is 9.20. The summed E-state index contributed by atoms with van der Waals surface area (Å²) in [5.74, 6) is 1.60. The average Bonchev–Trinajstić information content (AvgIpc) is 2.92. The molecule has 0 aliphatic rings. The van der Waals surface area contributed by atoms with E-state index in [2.05, 4.69) is 50.4 Å². The van der Waals surface area contributed by atoms with Gasteiger partial charge in [-0.3, -0.25) is 0 Å². The largest absolute Gasteiger partial charge is 0.468 e. The molecule has 0 radical (unpaired) electrons. The average molecular weight is 257 g/mol. The first-order valence-electron chi connectivity index (χ1n) is 7.06. The van der Waals surface area contributed by atoms with Gasteiger partial charge in [-0.05, 0) is 42.1 Å². The fourth-order valence-corrected chi connectivity index (χ4v) is 2.28. The van der Waals surface area contributed by atoms with Crippen molar-refractivity contribution in [2.24, 2.45) is 0 Å². The Hall–Kier alpha value is -1.54. The zero-order valence-electron chi connectivity index (χ0n) is 12.0. The molecule has 0 amide bonds. The van der Waals surface area contributed by atoms with Crippen molar-refractivity contribution in [1.82, 2.24) is 5.32 Å². The number of rotatable bonds is 6. The molecule has 0 aliphatic heterocycles. The highest BCUT2D eigenvalue weighted by Crippen LogP contribution is 2.21. The van der Waals surface area contributed by atoms with E-state index >= 15 is 0 Å². The van der Waals surface area contributed by atoms with Gasteiger partial charge in [0.1, 0.15) is 5.76 Å². The summed E-state index contributed by atoms with van der Waals surface area (Å²) in [5, 5.41) is 3.48. The lowest BCUT2D eigenvalue weighted by molar-refractivity contribution is 0.416. The molecule has 19 heavy (non-hydrogen) atoms. The van der Waals surface area contributed by atoms with Crippen molar-refractivity contribution in [1.29, 1.82) is 0 Å². The molecule has 2 heteroatoms. The number of hydrogen-bond acceptors (Lipinski definition) is 2. The molecule has 0 saturated heterocycles. The van der Waals surface area contributed by atoms with Crippen LogP contribution in [0.3, 0.4) is 0 Å². The van der Waals surface area contributed by atoms with Crippen molar-refractivity contribution in [2.75, 3.05) is 6.54 Å². The highest BCUT2D eigenvalue weighted by atomic mass is 16.3. The quantitative estimate of drug-likeness (QED) is 0.834. The van der Waals surface area contributed by atoms with Crippen molar-refractivity contribution in [2.45, 2.75) is 39.2 Å². The molecular formula is C17H23NO. The van der Waals surface area contributed by atoms with E-state index in [4.69, 9.17) is 4.42 Å². The Balaban J connectivity index is 2.09. The molecule has 1 unspecified atom stereocenters. The van der Waals surface area contributed by atoms with E-state index in [1.54, 1.807) is 6.26 Å². The van der Waals surface area contributed by atoms with E-state index in [1.807, 2.05) is 12.1 Å². The predicted molar refractivity (Wildman–Crippen MR) is 79.4 cm³/mol. The van der Waals surface area contributed by atoms with Gasteiger partial charge in [-0.25, -0.2) is 0 Å². The van der Waals surface area contributed by atoms with Crippen LogP contribution in [0.2, 0.25) is 0 Å². The van der Waals surface area contributed by atoms with Crippen molar-refractivity contribution >= 4 is 0 Å². The second kappa shape index (κ2) is 6.58. The molecule has 0 aliphatic carbocycles. The Bertz CT molecular complexity index is 470. The van der Waals surface area contributed by atoms with Gasteiger partial charge in [-0.15, -0.1) is 0 Å². The molecule has 1 atom stereocenters. The van der Waals surface area contributed by atoms with Gasteiger partial charge in [0.2, 0.25) is 0 Å². The van der Waals surface area contributed by atoms with Gasteiger partial charge in [0.15, 0.2) is 0 Å². The van der Waals surface area contributed by atoms with Gasteiger partial charge in [0, 0.05) is 0 Å². The Morgan fingerprint density at radius 3 is 2.37 bits per heavy atom. The summed E-state index contributed by atoms with van der Waals surface area (Å²) in [6.45, 7) is 7.51. The number of hydrogen-bond donors (Lipinski definition) is 1. The summed E-state index contributed by atoms with van der Waals surface area (Å²) >= 11 is 0. The molecule has 2 aromatic rings. The van der Waals surface area contributed by atoms with Crippen LogP contribution in [0.25, 0.3) is 0 Å². The van der Waals surface area contributed by atoms with Gasteiger partial charge in [0.05, 0.1) is 12.3 Å². The van der Waals surface area contributed by atoms with Crippen LogP contribution >= 0.6 is 0 Å². The first kappa shape index (κ1) is 13.9.